The van der Waals surface area contributed by atoms with Crippen LogP contribution in [0.25, 0.3) is 0 Å². The molecule has 0 fully saturated rings. The second kappa shape index (κ2) is 5.95. The molecule has 0 aromatic heterocycles. The molecule has 92 valence electrons. The maximum absolute atomic E-state index is 11.3. The van der Waals surface area contributed by atoms with Gasteiger partial charge in [-0.2, -0.15) is 0 Å². The molecule has 0 unspecified atom stereocenters. The third-order valence-electron chi connectivity index (χ3n) is 2.17. The summed E-state index contributed by atoms with van der Waals surface area (Å²) < 4.78 is 4.76. The van der Waals surface area contributed by atoms with Crippen LogP contribution in [0.15, 0.2) is 24.3 Å². The summed E-state index contributed by atoms with van der Waals surface area (Å²) in [6.45, 7) is 1.96. The molecule has 0 heterocycles. The van der Waals surface area contributed by atoms with Gasteiger partial charge in [-0.05, 0) is 18.9 Å². The maximum atomic E-state index is 11.3. The van der Waals surface area contributed by atoms with Gasteiger partial charge in [-0.25, -0.2) is 0 Å². The monoisotopic (exact) mass is 238 g/mol. The highest BCUT2D eigenvalue weighted by molar-refractivity contribution is 5.75. The lowest BCUT2D eigenvalue weighted by molar-refractivity contribution is -0.384. The fraction of sp³-hybridized carbons (Fsp3) is 0.364. The van der Waals surface area contributed by atoms with Crippen LogP contribution < -0.4 is 5.73 Å². The summed E-state index contributed by atoms with van der Waals surface area (Å²) in [5.74, 6) is -0.501. The minimum Gasteiger partial charge on any atom is -0.465 e. The molecule has 0 saturated heterocycles. The fourth-order valence-electron chi connectivity index (χ4n) is 1.38. The number of non-ortho nitro benzene ring substituents is 1. The molecule has 1 aromatic rings. The van der Waals surface area contributed by atoms with E-state index < -0.39 is 16.9 Å². The molecular formula is C11H14N2O4. The van der Waals surface area contributed by atoms with Crippen LogP contribution in [0.3, 0.4) is 0 Å². The number of benzene rings is 1. The van der Waals surface area contributed by atoms with Crippen LogP contribution >= 0.6 is 0 Å². The van der Waals surface area contributed by atoms with E-state index in [1.165, 1.54) is 12.1 Å². The molecule has 6 nitrogen and oxygen atoms in total. The number of esters is 1. The van der Waals surface area contributed by atoms with Gasteiger partial charge < -0.3 is 10.5 Å². The van der Waals surface area contributed by atoms with E-state index in [0.29, 0.717) is 5.56 Å². The SMILES string of the molecule is CCOC(=O)[C@H](N)Cc1cccc([N+](=O)[O-])c1. The van der Waals surface area contributed by atoms with Gasteiger partial charge in [-0.1, -0.05) is 12.1 Å². The van der Waals surface area contributed by atoms with Gasteiger partial charge in [-0.15, -0.1) is 0 Å². The zero-order chi connectivity index (χ0) is 12.8. The first-order valence-electron chi connectivity index (χ1n) is 5.20. The van der Waals surface area contributed by atoms with Gasteiger partial charge in [0.2, 0.25) is 0 Å². The smallest absolute Gasteiger partial charge is 0.323 e. The average molecular weight is 238 g/mol. The number of nitro benzene ring substituents is 1. The van der Waals surface area contributed by atoms with Crippen LogP contribution in [0, 0.1) is 10.1 Å². The molecule has 6 heteroatoms. The maximum Gasteiger partial charge on any atom is 0.323 e. The molecule has 0 spiro atoms. The molecule has 1 atom stereocenters. The minimum atomic E-state index is -0.794. The van der Waals surface area contributed by atoms with E-state index in [4.69, 9.17) is 10.5 Å². The van der Waals surface area contributed by atoms with Crippen LogP contribution in [-0.4, -0.2) is 23.5 Å². The van der Waals surface area contributed by atoms with E-state index in [-0.39, 0.29) is 18.7 Å². The molecule has 2 N–H and O–H groups in total. The van der Waals surface area contributed by atoms with Gasteiger partial charge in [0, 0.05) is 12.1 Å². The Bertz CT molecular complexity index is 420. The first-order chi connectivity index (χ1) is 8.04. The third kappa shape index (κ3) is 3.84. The van der Waals surface area contributed by atoms with Gasteiger partial charge >= 0.3 is 5.97 Å². The van der Waals surface area contributed by atoms with Crippen LogP contribution in [0.2, 0.25) is 0 Å². The average Bonchev–Trinajstić information content (AvgIpc) is 2.29. The molecule has 0 saturated carbocycles. The Labute approximate surface area is 98.5 Å². The number of hydrogen-bond donors (Lipinski definition) is 1. The highest BCUT2D eigenvalue weighted by Crippen LogP contribution is 2.14. The number of nitro groups is 1. The van der Waals surface area contributed by atoms with Gasteiger partial charge in [0.25, 0.3) is 5.69 Å². The lowest BCUT2D eigenvalue weighted by atomic mass is 10.1. The minimum absolute atomic E-state index is 0.0152. The summed E-state index contributed by atoms with van der Waals surface area (Å²) in [6.07, 6.45) is 0.223. The topological polar surface area (TPSA) is 95.5 Å². The van der Waals surface area contributed by atoms with Gasteiger partial charge in [-0.3, -0.25) is 14.9 Å². The molecule has 0 radical (unpaired) electrons. The van der Waals surface area contributed by atoms with Crippen molar-refractivity contribution >= 4 is 11.7 Å². The number of hydrogen-bond acceptors (Lipinski definition) is 5. The standard InChI is InChI=1S/C11H14N2O4/c1-2-17-11(14)10(12)7-8-4-3-5-9(6-8)13(15)16/h3-6,10H,2,7,12H2,1H3/t10-/m1/s1. The number of carbonyl (C=O) groups excluding carboxylic acids is 1. The summed E-state index contributed by atoms with van der Waals surface area (Å²) in [4.78, 5) is 21.4. The van der Waals surface area contributed by atoms with Crippen LogP contribution in [0.4, 0.5) is 5.69 Å². The summed E-state index contributed by atoms with van der Waals surface area (Å²) in [5, 5.41) is 10.6. The first-order valence-corrected chi connectivity index (χ1v) is 5.20. The van der Waals surface area contributed by atoms with E-state index >= 15 is 0 Å². The van der Waals surface area contributed by atoms with Gasteiger partial charge in [0.05, 0.1) is 11.5 Å². The fourth-order valence-corrected chi connectivity index (χ4v) is 1.38. The number of rotatable bonds is 5. The summed E-state index contributed by atoms with van der Waals surface area (Å²) in [7, 11) is 0. The number of nitrogens with two attached hydrogens (primary N) is 1. The molecule has 0 bridgehead atoms. The zero-order valence-electron chi connectivity index (χ0n) is 9.46. The lowest BCUT2D eigenvalue weighted by Gasteiger charge is -2.10. The van der Waals surface area contributed by atoms with E-state index in [1.807, 2.05) is 0 Å². The number of carbonyl (C=O) groups is 1. The Hall–Kier alpha value is -1.95. The zero-order valence-corrected chi connectivity index (χ0v) is 9.46. The van der Waals surface area contributed by atoms with Crippen molar-refractivity contribution in [3.63, 3.8) is 0 Å². The number of nitrogens with zero attached hydrogens (tertiary/aromatic N) is 1. The molecule has 0 aliphatic rings. The highest BCUT2D eigenvalue weighted by atomic mass is 16.6. The van der Waals surface area contributed by atoms with E-state index in [9.17, 15) is 14.9 Å². The molecule has 1 rings (SSSR count). The summed E-state index contributed by atoms with van der Waals surface area (Å²) in [5.41, 5.74) is 6.24. The van der Waals surface area contributed by atoms with Crippen molar-refractivity contribution in [2.45, 2.75) is 19.4 Å². The predicted molar refractivity (Wildman–Crippen MR) is 61.4 cm³/mol. The van der Waals surface area contributed by atoms with Crippen molar-refractivity contribution in [3.05, 3.63) is 39.9 Å². The Morgan fingerprint density at radius 3 is 2.88 bits per heavy atom. The van der Waals surface area contributed by atoms with Crippen molar-refractivity contribution in [2.75, 3.05) is 6.61 Å². The second-order valence-electron chi connectivity index (χ2n) is 3.49. The van der Waals surface area contributed by atoms with Crippen LogP contribution in [0.1, 0.15) is 12.5 Å². The van der Waals surface area contributed by atoms with Crippen molar-refractivity contribution in [1.29, 1.82) is 0 Å². The van der Waals surface area contributed by atoms with Crippen LogP contribution in [-0.2, 0) is 16.0 Å². The Balaban J connectivity index is 2.71. The van der Waals surface area contributed by atoms with Crippen molar-refractivity contribution in [1.82, 2.24) is 0 Å². The molecule has 0 aliphatic carbocycles. The van der Waals surface area contributed by atoms with Crippen molar-refractivity contribution < 1.29 is 14.5 Å². The third-order valence-corrected chi connectivity index (χ3v) is 2.17. The lowest BCUT2D eigenvalue weighted by Crippen LogP contribution is -2.34. The summed E-state index contributed by atoms with van der Waals surface area (Å²) in [6, 6.07) is 5.24. The van der Waals surface area contributed by atoms with Gasteiger partial charge in [0.1, 0.15) is 6.04 Å². The first kappa shape index (κ1) is 13.1. The van der Waals surface area contributed by atoms with E-state index in [2.05, 4.69) is 0 Å². The van der Waals surface area contributed by atoms with Crippen molar-refractivity contribution in [3.8, 4) is 0 Å². The summed E-state index contributed by atoms with van der Waals surface area (Å²) >= 11 is 0. The molecule has 1 aromatic carbocycles. The number of ether oxygens (including phenoxy) is 1. The van der Waals surface area contributed by atoms with Crippen molar-refractivity contribution in [2.24, 2.45) is 5.73 Å². The Morgan fingerprint density at radius 1 is 1.59 bits per heavy atom. The highest BCUT2D eigenvalue weighted by Gasteiger charge is 2.16. The predicted octanol–water partition coefficient (Wildman–Crippen LogP) is 1.03. The molecule has 0 aliphatic heterocycles. The quantitative estimate of drug-likeness (QED) is 0.469. The molecular weight excluding hydrogens is 224 g/mol. The Morgan fingerprint density at radius 2 is 2.29 bits per heavy atom. The van der Waals surface area contributed by atoms with E-state index in [0.717, 1.165) is 0 Å². The normalized spacial score (nSPS) is 11.9. The largest absolute Gasteiger partial charge is 0.465 e. The molecule has 0 amide bonds. The Kier molecular flexibility index (Phi) is 4.59. The van der Waals surface area contributed by atoms with Gasteiger partial charge in [0.15, 0.2) is 0 Å². The second-order valence-corrected chi connectivity index (χ2v) is 3.49. The van der Waals surface area contributed by atoms with E-state index in [1.54, 1.807) is 19.1 Å². The van der Waals surface area contributed by atoms with Crippen LogP contribution in [0.5, 0.6) is 0 Å². The molecule has 17 heavy (non-hydrogen) atoms.